The van der Waals surface area contributed by atoms with Gasteiger partial charge in [-0.25, -0.2) is 0 Å². The first-order chi connectivity index (χ1) is 8.07. The number of nitrogens with one attached hydrogen (secondary N) is 1. The molecule has 18 heavy (non-hydrogen) atoms. The minimum Gasteiger partial charge on any atom is -0.503 e. The zero-order valence-electron chi connectivity index (χ0n) is 10.1. The third-order valence-electron chi connectivity index (χ3n) is 2.29. The number of carbonyl (C=O) groups excluding carboxylic acids is 1. The van der Waals surface area contributed by atoms with Crippen molar-refractivity contribution in [3.8, 4) is 28.7 Å². The summed E-state index contributed by atoms with van der Waals surface area (Å²) in [7, 11) is 0. The molecule has 0 bridgehead atoms. The molecule has 0 radical (unpaired) electrons. The number of phenolic OH excluding ortho intramolecular Hbond substituents is 5. The number of anilines is 1. The van der Waals surface area contributed by atoms with E-state index < -0.39 is 45.8 Å². The fourth-order valence-corrected chi connectivity index (χ4v) is 1.10. The van der Waals surface area contributed by atoms with Crippen LogP contribution in [0.25, 0.3) is 0 Å². The second-order valence-electron chi connectivity index (χ2n) is 4.82. The summed E-state index contributed by atoms with van der Waals surface area (Å²) in [5, 5.41) is 48.9. The van der Waals surface area contributed by atoms with Crippen molar-refractivity contribution in [2.45, 2.75) is 20.8 Å². The SMILES string of the molecule is CC(C)(C)C(=O)Nc1c(O)c(O)c(O)c(O)c1O. The van der Waals surface area contributed by atoms with Crippen molar-refractivity contribution in [2.75, 3.05) is 5.32 Å². The molecule has 1 aromatic rings. The van der Waals surface area contributed by atoms with E-state index in [0.717, 1.165) is 0 Å². The first-order valence-electron chi connectivity index (χ1n) is 5.07. The molecule has 0 spiro atoms. The maximum absolute atomic E-state index is 11.7. The van der Waals surface area contributed by atoms with Gasteiger partial charge >= 0.3 is 0 Å². The second kappa shape index (κ2) is 4.17. The molecule has 0 saturated carbocycles. The van der Waals surface area contributed by atoms with Crippen molar-refractivity contribution in [2.24, 2.45) is 5.41 Å². The quantitative estimate of drug-likeness (QED) is 0.331. The van der Waals surface area contributed by atoms with Crippen LogP contribution >= 0.6 is 0 Å². The van der Waals surface area contributed by atoms with Crippen LogP contribution in [0.1, 0.15) is 20.8 Å². The number of amides is 1. The smallest absolute Gasteiger partial charge is 0.229 e. The molecule has 100 valence electrons. The Labute approximate surface area is 103 Å². The molecule has 7 nitrogen and oxygen atoms in total. The van der Waals surface area contributed by atoms with Gasteiger partial charge in [0.25, 0.3) is 0 Å². The molecular weight excluding hydrogens is 242 g/mol. The molecule has 0 aromatic heterocycles. The Balaban J connectivity index is 3.31. The van der Waals surface area contributed by atoms with Gasteiger partial charge in [0, 0.05) is 5.41 Å². The lowest BCUT2D eigenvalue weighted by Crippen LogP contribution is -2.27. The van der Waals surface area contributed by atoms with E-state index in [-0.39, 0.29) is 0 Å². The highest BCUT2D eigenvalue weighted by Crippen LogP contribution is 2.53. The third kappa shape index (κ3) is 2.20. The van der Waals surface area contributed by atoms with Gasteiger partial charge in [-0.05, 0) is 0 Å². The molecule has 1 amide bonds. The van der Waals surface area contributed by atoms with E-state index in [4.69, 9.17) is 5.11 Å². The number of rotatable bonds is 1. The molecular formula is C11H15NO6. The summed E-state index contributed by atoms with van der Waals surface area (Å²) < 4.78 is 0. The van der Waals surface area contributed by atoms with Gasteiger partial charge in [-0.15, -0.1) is 0 Å². The number of aromatic hydroxyl groups is 5. The van der Waals surface area contributed by atoms with Crippen LogP contribution in [0.3, 0.4) is 0 Å². The molecule has 1 rings (SSSR count). The molecule has 1 aromatic carbocycles. The average Bonchev–Trinajstić information content (AvgIpc) is 2.28. The van der Waals surface area contributed by atoms with Crippen LogP contribution in [0, 0.1) is 5.41 Å². The molecule has 6 N–H and O–H groups in total. The van der Waals surface area contributed by atoms with Gasteiger partial charge in [-0.1, -0.05) is 20.8 Å². The Kier molecular flexibility index (Phi) is 3.19. The number of phenols is 5. The van der Waals surface area contributed by atoms with Gasteiger partial charge < -0.3 is 30.8 Å². The van der Waals surface area contributed by atoms with Crippen molar-refractivity contribution in [3.05, 3.63) is 0 Å². The van der Waals surface area contributed by atoms with Crippen LogP contribution in [-0.4, -0.2) is 31.4 Å². The topological polar surface area (TPSA) is 130 Å². The van der Waals surface area contributed by atoms with Crippen molar-refractivity contribution in [1.82, 2.24) is 0 Å². The Morgan fingerprint density at radius 2 is 1.17 bits per heavy atom. The molecule has 0 fully saturated rings. The molecule has 0 unspecified atom stereocenters. The van der Waals surface area contributed by atoms with E-state index in [0.29, 0.717) is 0 Å². The van der Waals surface area contributed by atoms with Gasteiger partial charge in [0.2, 0.25) is 23.2 Å². The van der Waals surface area contributed by atoms with Gasteiger partial charge in [0.05, 0.1) is 0 Å². The Morgan fingerprint density at radius 3 is 1.50 bits per heavy atom. The van der Waals surface area contributed by atoms with E-state index in [1.54, 1.807) is 20.8 Å². The summed E-state index contributed by atoms with van der Waals surface area (Å²) in [5.74, 6) is -5.55. The lowest BCUT2D eigenvalue weighted by Gasteiger charge is -2.19. The van der Waals surface area contributed by atoms with E-state index >= 15 is 0 Å². The van der Waals surface area contributed by atoms with Crippen LogP contribution in [-0.2, 0) is 4.79 Å². The number of hydrogen-bond donors (Lipinski definition) is 6. The minimum atomic E-state index is -1.07. The normalized spacial score (nSPS) is 11.3. The van der Waals surface area contributed by atoms with Crippen LogP contribution in [0.2, 0.25) is 0 Å². The van der Waals surface area contributed by atoms with E-state index in [1.807, 2.05) is 0 Å². The van der Waals surface area contributed by atoms with Gasteiger partial charge in [-0.3, -0.25) is 4.79 Å². The molecule has 0 atom stereocenters. The minimum absolute atomic E-state index is 0.558. The predicted octanol–water partition coefficient (Wildman–Crippen LogP) is 1.20. The average molecular weight is 257 g/mol. The van der Waals surface area contributed by atoms with Gasteiger partial charge in [-0.2, -0.15) is 0 Å². The van der Waals surface area contributed by atoms with Crippen LogP contribution in [0.15, 0.2) is 0 Å². The van der Waals surface area contributed by atoms with E-state index in [1.165, 1.54) is 0 Å². The fraction of sp³-hybridized carbons (Fsp3) is 0.364. The van der Waals surface area contributed by atoms with Crippen molar-refractivity contribution in [1.29, 1.82) is 0 Å². The lowest BCUT2D eigenvalue weighted by atomic mass is 9.95. The second-order valence-corrected chi connectivity index (χ2v) is 4.82. The zero-order chi connectivity index (χ0) is 14.2. The van der Waals surface area contributed by atoms with E-state index in [9.17, 15) is 25.2 Å². The third-order valence-corrected chi connectivity index (χ3v) is 2.29. The van der Waals surface area contributed by atoms with Crippen molar-refractivity contribution < 1.29 is 30.3 Å². The molecule has 7 heteroatoms. The first-order valence-corrected chi connectivity index (χ1v) is 5.07. The summed E-state index contributed by atoms with van der Waals surface area (Å²) >= 11 is 0. The number of benzene rings is 1. The summed E-state index contributed by atoms with van der Waals surface area (Å²) in [6.07, 6.45) is 0. The molecule has 0 aliphatic heterocycles. The highest BCUT2D eigenvalue weighted by molar-refractivity contribution is 5.99. The predicted molar refractivity (Wildman–Crippen MR) is 62.9 cm³/mol. The molecule has 0 aliphatic rings. The van der Waals surface area contributed by atoms with Crippen LogP contribution < -0.4 is 5.32 Å². The van der Waals surface area contributed by atoms with Crippen LogP contribution in [0.4, 0.5) is 5.69 Å². The highest BCUT2D eigenvalue weighted by Gasteiger charge is 2.28. The van der Waals surface area contributed by atoms with Gasteiger partial charge in [0.15, 0.2) is 11.5 Å². The highest BCUT2D eigenvalue weighted by atomic mass is 16.4. The summed E-state index contributed by atoms with van der Waals surface area (Å²) in [4.78, 5) is 11.7. The number of hydrogen-bond acceptors (Lipinski definition) is 6. The summed E-state index contributed by atoms with van der Waals surface area (Å²) in [6, 6.07) is 0. The monoisotopic (exact) mass is 257 g/mol. The first kappa shape index (κ1) is 13.8. The Hall–Kier alpha value is -2.31. The maximum atomic E-state index is 11.7. The standard InChI is InChI=1S/C11H15NO6/c1-11(2,3)10(18)12-4-5(13)7(15)9(17)8(16)6(4)14/h13-17H,1-3H3,(H,12,18). The lowest BCUT2D eigenvalue weighted by molar-refractivity contribution is -0.123. The molecule has 0 aliphatic carbocycles. The largest absolute Gasteiger partial charge is 0.503 e. The Bertz CT molecular complexity index is 474. The molecule has 0 heterocycles. The maximum Gasteiger partial charge on any atom is 0.229 e. The fourth-order valence-electron chi connectivity index (χ4n) is 1.10. The van der Waals surface area contributed by atoms with Crippen molar-refractivity contribution in [3.63, 3.8) is 0 Å². The summed E-state index contributed by atoms with van der Waals surface area (Å²) in [5.41, 5.74) is -1.38. The summed E-state index contributed by atoms with van der Waals surface area (Å²) in [6.45, 7) is 4.78. The number of carbonyl (C=O) groups is 1. The Morgan fingerprint density at radius 1 is 0.833 bits per heavy atom. The van der Waals surface area contributed by atoms with E-state index in [2.05, 4.69) is 5.32 Å². The van der Waals surface area contributed by atoms with Gasteiger partial charge in [0.1, 0.15) is 5.69 Å². The van der Waals surface area contributed by atoms with Crippen molar-refractivity contribution >= 4 is 11.6 Å². The zero-order valence-corrected chi connectivity index (χ0v) is 10.1. The van der Waals surface area contributed by atoms with Crippen LogP contribution in [0.5, 0.6) is 28.7 Å². The molecule has 0 saturated heterocycles.